The molecule has 0 radical (unpaired) electrons. The first-order chi connectivity index (χ1) is 6.06. The van der Waals surface area contributed by atoms with Gasteiger partial charge < -0.3 is 0 Å². The van der Waals surface area contributed by atoms with E-state index < -0.39 is 5.91 Å². The summed E-state index contributed by atoms with van der Waals surface area (Å²) in [4.78, 5) is 11.1. The molecule has 0 aliphatic heterocycles. The van der Waals surface area contributed by atoms with Gasteiger partial charge >= 0.3 is 0 Å². The number of hydrogen-bond donors (Lipinski definition) is 2. The van der Waals surface area contributed by atoms with Gasteiger partial charge in [0.15, 0.2) is 0 Å². The van der Waals surface area contributed by atoms with Gasteiger partial charge in [0.25, 0.3) is 5.91 Å². The van der Waals surface area contributed by atoms with Crippen LogP contribution < -0.4 is 11.3 Å². The van der Waals surface area contributed by atoms with E-state index >= 15 is 0 Å². The van der Waals surface area contributed by atoms with E-state index in [1.54, 1.807) is 0 Å². The second-order valence-corrected chi connectivity index (χ2v) is 3.47. The maximum atomic E-state index is 11.1. The third kappa shape index (κ3) is 2.25. The van der Waals surface area contributed by atoms with Crippen LogP contribution in [0.1, 0.15) is 10.4 Å². The molecule has 0 unspecified atom stereocenters. The standard InChI is InChI=1S/C7H5Cl3N2O/c8-3-1-4(9)6(5(10)2-3)7(13)12-11/h1-2H,11H2,(H,12,13). The molecule has 0 aliphatic carbocycles. The molecular formula is C7H5Cl3N2O. The quantitative estimate of drug-likeness (QED) is 0.449. The van der Waals surface area contributed by atoms with Crippen LogP contribution in [0.25, 0.3) is 0 Å². The van der Waals surface area contributed by atoms with Gasteiger partial charge in [0.2, 0.25) is 0 Å². The molecule has 3 N–H and O–H groups in total. The number of hydrogen-bond acceptors (Lipinski definition) is 2. The van der Waals surface area contributed by atoms with Crippen LogP contribution >= 0.6 is 34.8 Å². The SMILES string of the molecule is NNC(=O)c1c(Cl)cc(Cl)cc1Cl. The van der Waals surface area contributed by atoms with Crippen molar-refractivity contribution in [2.24, 2.45) is 5.84 Å². The third-order valence-electron chi connectivity index (χ3n) is 1.37. The Morgan fingerprint density at radius 1 is 1.23 bits per heavy atom. The Hall–Kier alpha value is -0.480. The molecular weight excluding hydrogens is 234 g/mol. The molecule has 1 aromatic rings. The molecule has 6 heteroatoms. The maximum Gasteiger partial charge on any atom is 0.268 e. The van der Waals surface area contributed by atoms with Crippen molar-refractivity contribution in [2.45, 2.75) is 0 Å². The lowest BCUT2D eigenvalue weighted by Crippen LogP contribution is -2.30. The van der Waals surface area contributed by atoms with Gasteiger partial charge in [-0.05, 0) is 12.1 Å². The van der Waals surface area contributed by atoms with Crippen molar-refractivity contribution >= 4 is 40.7 Å². The Bertz CT molecular complexity index is 331. The molecule has 0 heterocycles. The maximum absolute atomic E-state index is 11.1. The first-order valence-electron chi connectivity index (χ1n) is 3.21. The number of nitrogen functional groups attached to an aromatic ring is 1. The number of amides is 1. The normalized spacial score (nSPS) is 9.85. The number of carbonyl (C=O) groups is 1. The van der Waals surface area contributed by atoms with E-state index in [0.717, 1.165) is 0 Å². The van der Waals surface area contributed by atoms with Gasteiger partial charge in [0, 0.05) is 5.02 Å². The summed E-state index contributed by atoms with van der Waals surface area (Å²) in [7, 11) is 0. The van der Waals surface area contributed by atoms with Gasteiger partial charge in [-0.25, -0.2) is 5.84 Å². The van der Waals surface area contributed by atoms with Crippen molar-refractivity contribution in [1.82, 2.24) is 5.43 Å². The van der Waals surface area contributed by atoms with E-state index in [2.05, 4.69) is 0 Å². The first-order valence-corrected chi connectivity index (χ1v) is 4.35. The summed E-state index contributed by atoms with van der Waals surface area (Å²) >= 11 is 17.1. The highest BCUT2D eigenvalue weighted by atomic mass is 35.5. The smallest absolute Gasteiger partial charge is 0.268 e. The van der Waals surface area contributed by atoms with Crippen molar-refractivity contribution in [1.29, 1.82) is 0 Å². The summed E-state index contributed by atoms with van der Waals surface area (Å²) < 4.78 is 0. The van der Waals surface area contributed by atoms with Crippen molar-refractivity contribution in [3.63, 3.8) is 0 Å². The van der Waals surface area contributed by atoms with Crippen molar-refractivity contribution in [3.8, 4) is 0 Å². The van der Waals surface area contributed by atoms with Gasteiger partial charge in [0.05, 0.1) is 15.6 Å². The summed E-state index contributed by atoms with van der Waals surface area (Å²) in [6.07, 6.45) is 0. The summed E-state index contributed by atoms with van der Waals surface area (Å²) in [6, 6.07) is 2.83. The summed E-state index contributed by atoms with van der Waals surface area (Å²) in [5, 5.41) is 0.699. The van der Waals surface area contributed by atoms with Crippen LogP contribution in [-0.4, -0.2) is 5.91 Å². The number of nitrogens with two attached hydrogens (primary N) is 1. The fourth-order valence-electron chi connectivity index (χ4n) is 0.831. The molecule has 13 heavy (non-hydrogen) atoms. The molecule has 0 saturated carbocycles. The minimum absolute atomic E-state index is 0.121. The second kappa shape index (κ2) is 4.15. The van der Waals surface area contributed by atoms with Gasteiger partial charge in [-0.15, -0.1) is 0 Å². The zero-order valence-corrected chi connectivity index (χ0v) is 8.54. The third-order valence-corrected chi connectivity index (χ3v) is 2.18. The van der Waals surface area contributed by atoms with Gasteiger partial charge in [-0.2, -0.15) is 0 Å². The zero-order valence-electron chi connectivity index (χ0n) is 6.27. The number of rotatable bonds is 1. The van der Waals surface area contributed by atoms with E-state index in [9.17, 15) is 4.79 Å². The summed E-state index contributed by atoms with van der Waals surface area (Å²) in [6.45, 7) is 0. The molecule has 0 spiro atoms. The van der Waals surface area contributed by atoms with Crippen molar-refractivity contribution in [2.75, 3.05) is 0 Å². The summed E-state index contributed by atoms with van der Waals surface area (Å²) in [5.41, 5.74) is 2.05. The minimum atomic E-state index is -0.549. The molecule has 0 bridgehead atoms. The van der Waals surface area contributed by atoms with Gasteiger partial charge in [-0.3, -0.25) is 10.2 Å². The Kier molecular flexibility index (Phi) is 3.39. The lowest BCUT2D eigenvalue weighted by atomic mass is 10.2. The van der Waals surface area contributed by atoms with E-state index in [0.29, 0.717) is 5.02 Å². The molecule has 0 saturated heterocycles. The highest BCUT2D eigenvalue weighted by molar-refractivity contribution is 6.42. The monoisotopic (exact) mass is 238 g/mol. The molecule has 0 aromatic heterocycles. The summed E-state index contributed by atoms with van der Waals surface area (Å²) in [5.74, 6) is 4.38. The Labute approximate surface area is 89.7 Å². The van der Waals surface area contributed by atoms with Gasteiger partial charge in [-0.1, -0.05) is 34.8 Å². The highest BCUT2D eigenvalue weighted by Crippen LogP contribution is 2.28. The molecule has 1 rings (SSSR count). The Balaban J connectivity index is 3.28. The number of hydrazine groups is 1. The molecule has 3 nitrogen and oxygen atoms in total. The van der Waals surface area contributed by atoms with Crippen LogP contribution in [0, 0.1) is 0 Å². The average molecular weight is 239 g/mol. The van der Waals surface area contributed by atoms with Crippen LogP contribution in [0.3, 0.4) is 0 Å². The average Bonchev–Trinajstić information content (AvgIpc) is 2.02. The minimum Gasteiger partial charge on any atom is -0.290 e. The predicted octanol–water partition coefficient (Wildman–Crippen LogP) is 2.25. The second-order valence-electron chi connectivity index (χ2n) is 2.22. The van der Waals surface area contributed by atoms with Crippen molar-refractivity contribution < 1.29 is 4.79 Å². The number of benzene rings is 1. The van der Waals surface area contributed by atoms with Crippen LogP contribution in [0.2, 0.25) is 15.1 Å². The van der Waals surface area contributed by atoms with Crippen LogP contribution in [-0.2, 0) is 0 Å². The largest absolute Gasteiger partial charge is 0.290 e. The first kappa shape index (κ1) is 10.6. The van der Waals surface area contributed by atoms with Crippen LogP contribution in [0.15, 0.2) is 12.1 Å². The molecule has 0 fully saturated rings. The van der Waals surface area contributed by atoms with Crippen molar-refractivity contribution in [3.05, 3.63) is 32.8 Å². The Morgan fingerprint density at radius 3 is 2.08 bits per heavy atom. The molecule has 1 aromatic carbocycles. The topological polar surface area (TPSA) is 55.1 Å². The lowest BCUT2D eigenvalue weighted by Gasteiger charge is -2.05. The Morgan fingerprint density at radius 2 is 1.69 bits per heavy atom. The number of carbonyl (C=O) groups excluding carboxylic acids is 1. The van der Waals surface area contributed by atoms with Gasteiger partial charge in [0.1, 0.15) is 0 Å². The molecule has 70 valence electrons. The van der Waals surface area contributed by atoms with E-state index in [4.69, 9.17) is 40.6 Å². The van der Waals surface area contributed by atoms with Crippen LogP contribution in [0.5, 0.6) is 0 Å². The molecule has 0 atom stereocenters. The predicted molar refractivity (Wildman–Crippen MR) is 53.1 cm³/mol. The lowest BCUT2D eigenvalue weighted by molar-refractivity contribution is 0.0954. The number of halogens is 3. The van der Waals surface area contributed by atoms with Crippen LogP contribution in [0.4, 0.5) is 0 Å². The number of nitrogens with one attached hydrogen (secondary N) is 1. The van der Waals surface area contributed by atoms with E-state index in [1.165, 1.54) is 12.1 Å². The highest BCUT2D eigenvalue weighted by Gasteiger charge is 2.14. The van der Waals surface area contributed by atoms with E-state index in [1.807, 2.05) is 5.43 Å². The fourth-order valence-corrected chi connectivity index (χ4v) is 1.82. The molecule has 0 aliphatic rings. The zero-order chi connectivity index (χ0) is 10.0. The fraction of sp³-hybridized carbons (Fsp3) is 0. The molecule has 1 amide bonds. The van der Waals surface area contributed by atoms with E-state index in [-0.39, 0.29) is 15.6 Å².